The number of hydrogen-bond acceptors (Lipinski definition) is 2. The summed E-state index contributed by atoms with van der Waals surface area (Å²) in [6.07, 6.45) is 0.261. The number of urea groups is 1. The summed E-state index contributed by atoms with van der Waals surface area (Å²) in [5.74, 6) is -0.247. The second kappa shape index (κ2) is 3.06. The van der Waals surface area contributed by atoms with Gasteiger partial charge in [0.2, 0.25) is 5.91 Å². The minimum atomic E-state index is -0.611. The van der Waals surface area contributed by atoms with Crippen LogP contribution in [0.15, 0.2) is 29.3 Å². The summed E-state index contributed by atoms with van der Waals surface area (Å²) in [7, 11) is 0. The zero-order chi connectivity index (χ0) is 10.1. The maximum Gasteiger partial charge on any atom is 0.354 e. The Balaban J connectivity index is 2.49. The summed E-state index contributed by atoms with van der Waals surface area (Å²) in [6.45, 7) is 3.12. The van der Waals surface area contributed by atoms with E-state index >= 15 is 0 Å². The summed E-state index contributed by atoms with van der Waals surface area (Å²) in [4.78, 5) is 27.0. The summed E-state index contributed by atoms with van der Waals surface area (Å²) in [6, 6.07) is 6.55. The van der Waals surface area contributed by atoms with Crippen LogP contribution in [0, 0.1) is 0 Å². The second-order valence-electron chi connectivity index (χ2n) is 2.98. The smallest absolute Gasteiger partial charge is 0.274 e. The van der Waals surface area contributed by atoms with Crippen molar-refractivity contribution in [3.8, 4) is 0 Å². The largest absolute Gasteiger partial charge is 0.354 e. The standard InChI is InChI=1S/C10H8N2O2/c1-11-10(14)12-8-5-3-2-4-7(8)6-9(12)13/h2-5H,1,6H2. The highest BCUT2D eigenvalue weighted by Crippen LogP contribution is 2.28. The van der Waals surface area contributed by atoms with Gasteiger partial charge in [-0.1, -0.05) is 18.2 Å². The highest BCUT2D eigenvalue weighted by Gasteiger charge is 2.31. The van der Waals surface area contributed by atoms with Crippen molar-refractivity contribution in [2.24, 2.45) is 4.99 Å². The Morgan fingerprint density at radius 3 is 2.86 bits per heavy atom. The average molecular weight is 188 g/mol. The zero-order valence-electron chi connectivity index (χ0n) is 7.43. The lowest BCUT2D eigenvalue weighted by Crippen LogP contribution is -2.30. The van der Waals surface area contributed by atoms with E-state index in [0.29, 0.717) is 5.69 Å². The maximum absolute atomic E-state index is 11.4. The molecule has 0 atom stereocenters. The lowest BCUT2D eigenvalue weighted by Gasteiger charge is -2.10. The van der Waals surface area contributed by atoms with Crippen LogP contribution in [0.4, 0.5) is 10.5 Å². The van der Waals surface area contributed by atoms with E-state index in [1.165, 1.54) is 0 Å². The summed E-state index contributed by atoms with van der Waals surface area (Å²) in [5.41, 5.74) is 1.48. The van der Waals surface area contributed by atoms with Crippen molar-refractivity contribution in [2.45, 2.75) is 6.42 Å². The Kier molecular flexibility index (Phi) is 1.89. The fraction of sp³-hybridized carbons (Fsp3) is 0.100. The third-order valence-electron chi connectivity index (χ3n) is 2.15. The van der Waals surface area contributed by atoms with Gasteiger partial charge in [0.15, 0.2) is 0 Å². The van der Waals surface area contributed by atoms with E-state index in [1.54, 1.807) is 12.1 Å². The number of para-hydroxylation sites is 1. The minimum Gasteiger partial charge on any atom is -0.274 e. The van der Waals surface area contributed by atoms with Crippen LogP contribution in [0.2, 0.25) is 0 Å². The van der Waals surface area contributed by atoms with Gasteiger partial charge in [-0.3, -0.25) is 4.79 Å². The van der Waals surface area contributed by atoms with Gasteiger partial charge in [-0.2, -0.15) is 0 Å². The molecule has 70 valence electrons. The van der Waals surface area contributed by atoms with Crippen molar-refractivity contribution in [2.75, 3.05) is 4.90 Å². The molecule has 0 unspecified atom stereocenters. The van der Waals surface area contributed by atoms with E-state index in [0.717, 1.165) is 10.5 Å². The molecule has 0 bridgehead atoms. The van der Waals surface area contributed by atoms with Crippen molar-refractivity contribution < 1.29 is 9.59 Å². The summed E-state index contributed by atoms with van der Waals surface area (Å²) >= 11 is 0. The fourth-order valence-corrected chi connectivity index (χ4v) is 1.54. The van der Waals surface area contributed by atoms with Crippen LogP contribution in [-0.2, 0) is 11.2 Å². The van der Waals surface area contributed by atoms with Crippen molar-refractivity contribution in [3.05, 3.63) is 29.8 Å². The first-order chi connectivity index (χ1) is 6.74. The van der Waals surface area contributed by atoms with Crippen LogP contribution >= 0.6 is 0 Å². The summed E-state index contributed by atoms with van der Waals surface area (Å²) in [5, 5.41) is 0. The van der Waals surface area contributed by atoms with E-state index in [-0.39, 0.29) is 12.3 Å². The first-order valence-electron chi connectivity index (χ1n) is 4.15. The molecule has 4 nitrogen and oxygen atoms in total. The Morgan fingerprint density at radius 2 is 2.14 bits per heavy atom. The highest BCUT2D eigenvalue weighted by atomic mass is 16.2. The molecule has 0 radical (unpaired) electrons. The SMILES string of the molecule is C=NC(=O)N1C(=O)Cc2ccccc21. The molecule has 1 aromatic carbocycles. The number of rotatable bonds is 0. The molecule has 1 heterocycles. The zero-order valence-corrected chi connectivity index (χ0v) is 7.43. The molecule has 0 aliphatic carbocycles. The number of anilines is 1. The molecule has 0 saturated carbocycles. The number of amides is 3. The third kappa shape index (κ3) is 1.12. The molecule has 1 aliphatic heterocycles. The van der Waals surface area contributed by atoms with Crippen molar-refractivity contribution >= 4 is 24.3 Å². The molecule has 4 heteroatoms. The second-order valence-corrected chi connectivity index (χ2v) is 2.98. The topological polar surface area (TPSA) is 49.7 Å². The quantitative estimate of drug-likeness (QED) is 0.578. The number of carbonyl (C=O) groups excluding carboxylic acids is 2. The minimum absolute atomic E-state index is 0.247. The predicted octanol–water partition coefficient (Wildman–Crippen LogP) is 1.40. The van der Waals surface area contributed by atoms with Crippen LogP contribution in [0.5, 0.6) is 0 Å². The Morgan fingerprint density at radius 1 is 1.43 bits per heavy atom. The van der Waals surface area contributed by atoms with E-state index < -0.39 is 6.03 Å². The van der Waals surface area contributed by atoms with Crippen LogP contribution in [0.3, 0.4) is 0 Å². The normalized spacial score (nSPS) is 14.0. The molecule has 1 aromatic rings. The van der Waals surface area contributed by atoms with Crippen molar-refractivity contribution in [1.82, 2.24) is 0 Å². The number of carbonyl (C=O) groups is 2. The number of fused-ring (bicyclic) bond motifs is 1. The number of nitrogens with zero attached hydrogens (tertiary/aromatic N) is 2. The molecular formula is C10H8N2O2. The number of hydrogen-bond donors (Lipinski definition) is 0. The summed E-state index contributed by atoms with van der Waals surface area (Å²) < 4.78 is 0. The van der Waals surface area contributed by atoms with Gasteiger partial charge in [-0.05, 0) is 18.3 Å². The van der Waals surface area contributed by atoms with Crippen LogP contribution in [-0.4, -0.2) is 18.7 Å². The lowest BCUT2D eigenvalue weighted by molar-refractivity contribution is -0.116. The molecule has 0 spiro atoms. The Bertz CT molecular complexity index is 426. The molecule has 3 amide bonds. The Labute approximate surface area is 80.9 Å². The van der Waals surface area contributed by atoms with Gasteiger partial charge < -0.3 is 0 Å². The van der Waals surface area contributed by atoms with Gasteiger partial charge in [0.05, 0.1) is 12.1 Å². The Hall–Kier alpha value is -1.97. The van der Waals surface area contributed by atoms with Crippen LogP contribution in [0.25, 0.3) is 0 Å². The van der Waals surface area contributed by atoms with Gasteiger partial charge in [-0.15, -0.1) is 0 Å². The lowest BCUT2D eigenvalue weighted by atomic mass is 10.2. The molecule has 2 rings (SSSR count). The van der Waals surface area contributed by atoms with Gasteiger partial charge in [0.1, 0.15) is 0 Å². The predicted molar refractivity (Wildman–Crippen MR) is 52.6 cm³/mol. The van der Waals surface area contributed by atoms with Crippen LogP contribution < -0.4 is 4.90 Å². The van der Waals surface area contributed by atoms with Gasteiger partial charge >= 0.3 is 6.03 Å². The monoisotopic (exact) mass is 188 g/mol. The first kappa shape index (κ1) is 8.62. The third-order valence-corrected chi connectivity index (χ3v) is 2.15. The number of benzene rings is 1. The molecule has 0 aromatic heterocycles. The highest BCUT2D eigenvalue weighted by molar-refractivity contribution is 6.19. The van der Waals surface area contributed by atoms with Gasteiger partial charge in [-0.25, -0.2) is 14.7 Å². The van der Waals surface area contributed by atoms with Gasteiger partial charge in [0.25, 0.3) is 0 Å². The number of imide groups is 1. The van der Waals surface area contributed by atoms with E-state index in [2.05, 4.69) is 11.7 Å². The van der Waals surface area contributed by atoms with E-state index in [4.69, 9.17) is 0 Å². The fourth-order valence-electron chi connectivity index (χ4n) is 1.54. The molecule has 0 fully saturated rings. The van der Waals surface area contributed by atoms with Crippen LogP contribution in [0.1, 0.15) is 5.56 Å². The molecule has 0 N–H and O–H groups in total. The number of aliphatic imine (C=N–C) groups is 1. The molecule has 1 aliphatic rings. The molecule has 14 heavy (non-hydrogen) atoms. The van der Waals surface area contributed by atoms with Gasteiger partial charge in [0, 0.05) is 0 Å². The van der Waals surface area contributed by atoms with Crippen molar-refractivity contribution in [1.29, 1.82) is 0 Å². The first-order valence-corrected chi connectivity index (χ1v) is 4.15. The average Bonchev–Trinajstić information content (AvgIpc) is 2.53. The van der Waals surface area contributed by atoms with E-state index in [1.807, 2.05) is 12.1 Å². The van der Waals surface area contributed by atoms with Crippen molar-refractivity contribution in [3.63, 3.8) is 0 Å². The molecular weight excluding hydrogens is 180 g/mol. The van der Waals surface area contributed by atoms with E-state index in [9.17, 15) is 9.59 Å². The maximum atomic E-state index is 11.4. The molecule has 0 saturated heterocycles.